The quantitative estimate of drug-likeness (QED) is 0.771. The van der Waals surface area contributed by atoms with Gasteiger partial charge in [-0.3, -0.25) is 14.4 Å². The number of pyridine rings is 1. The minimum atomic E-state index is -0.413. The van der Waals surface area contributed by atoms with Crippen LogP contribution < -0.4 is 5.43 Å². The normalized spacial score (nSPS) is 10.6. The van der Waals surface area contributed by atoms with Crippen LogP contribution in [0.5, 0.6) is 0 Å². The van der Waals surface area contributed by atoms with Gasteiger partial charge >= 0.3 is 5.97 Å². The molecule has 0 aliphatic rings. The average molecular weight is 220 g/mol. The highest BCUT2D eigenvalue weighted by Gasteiger charge is 2.16. The number of H-pyrrole nitrogens is 1. The van der Waals surface area contributed by atoms with E-state index in [2.05, 4.69) is 5.10 Å². The molecule has 2 rings (SSSR count). The van der Waals surface area contributed by atoms with E-state index in [1.165, 1.54) is 12.1 Å². The number of hydrogen-bond donors (Lipinski definition) is 1. The summed E-state index contributed by atoms with van der Waals surface area (Å²) in [5.74, 6) is -0.413. The first kappa shape index (κ1) is 10.5. The Morgan fingerprint density at radius 1 is 1.56 bits per heavy atom. The number of rotatable bonds is 2. The largest absolute Gasteiger partial charge is 0.462 e. The molecular weight excluding hydrogens is 208 g/mol. The van der Waals surface area contributed by atoms with Gasteiger partial charge in [0.15, 0.2) is 5.43 Å². The van der Waals surface area contributed by atoms with Crippen LogP contribution in [0.4, 0.5) is 0 Å². The van der Waals surface area contributed by atoms with Gasteiger partial charge < -0.3 is 4.74 Å². The Hall–Kier alpha value is -2.04. The molecule has 0 unspecified atom stereocenters. The topological polar surface area (TPSA) is 63.6 Å². The van der Waals surface area contributed by atoms with Crippen LogP contribution >= 0.6 is 0 Å². The van der Waals surface area contributed by atoms with Gasteiger partial charge in [0.25, 0.3) is 0 Å². The van der Waals surface area contributed by atoms with Gasteiger partial charge in [-0.1, -0.05) is 0 Å². The summed E-state index contributed by atoms with van der Waals surface area (Å²) in [5.41, 5.74) is 1.51. The molecule has 0 saturated heterocycles. The number of nitrogens with zero attached hydrogens (tertiary/aromatic N) is 1. The van der Waals surface area contributed by atoms with Crippen LogP contribution in [0, 0.1) is 6.92 Å². The second-order valence-corrected chi connectivity index (χ2v) is 3.45. The van der Waals surface area contributed by atoms with Crippen LogP contribution in [-0.4, -0.2) is 22.2 Å². The maximum absolute atomic E-state index is 11.7. The zero-order valence-electron chi connectivity index (χ0n) is 9.11. The molecule has 0 aromatic carbocycles. The fourth-order valence-electron chi connectivity index (χ4n) is 1.66. The summed E-state index contributed by atoms with van der Waals surface area (Å²) in [7, 11) is 0. The van der Waals surface area contributed by atoms with Crippen LogP contribution in [0.3, 0.4) is 0 Å². The molecule has 0 aliphatic carbocycles. The van der Waals surface area contributed by atoms with Crippen LogP contribution in [-0.2, 0) is 4.74 Å². The molecular formula is C11H12N2O3. The summed E-state index contributed by atoms with van der Waals surface area (Å²) in [5, 5.41) is 2.97. The van der Waals surface area contributed by atoms with Crippen molar-refractivity contribution in [3.63, 3.8) is 0 Å². The SMILES string of the molecule is CCOC(=O)c1c(C)[nH]n2ccc(=O)cc12. The van der Waals surface area contributed by atoms with E-state index in [-0.39, 0.29) is 5.43 Å². The number of ether oxygens (including phenoxy) is 1. The number of carbonyl (C=O) groups is 1. The Morgan fingerprint density at radius 2 is 2.31 bits per heavy atom. The van der Waals surface area contributed by atoms with Gasteiger partial charge in [-0.15, -0.1) is 0 Å². The maximum Gasteiger partial charge on any atom is 0.342 e. The minimum Gasteiger partial charge on any atom is -0.462 e. The molecule has 2 aromatic rings. The molecule has 0 spiro atoms. The van der Waals surface area contributed by atoms with Crippen molar-refractivity contribution in [2.75, 3.05) is 6.61 Å². The molecule has 84 valence electrons. The van der Waals surface area contributed by atoms with E-state index in [4.69, 9.17) is 4.74 Å². The van der Waals surface area contributed by atoms with Crippen molar-refractivity contribution in [1.29, 1.82) is 0 Å². The van der Waals surface area contributed by atoms with E-state index in [1.807, 2.05) is 0 Å². The Labute approximate surface area is 91.6 Å². The lowest BCUT2D eigenvalue weighted by Gasteiger charge is -2.00. The summed E-state index contributed by atoms with van der Waals surface area (Å²) in [6.45, 7) is 3.82. The van der Waals surface area contributed by atoms with Gasteiger partial charge in [0.05, 0.1) is 12.1 Å². The van der Waals surface area contributed by atoms with Crippen molar-refractivity contribution in [2.45, 2.75) is 13.8 Å². The number of aromatic nitrogens is 2. The number of nitrogens with one attached hydrogen (secondary N) is 1. The monoisotopic (exact) mass is 220 g/mol. The van der Waals surface area contributed by atoms with Crippen LogP contribution in [0.15, 0.2) is 23.1 Å². The first-order chi connectivity index (χ1) is 7.63. The zero-order valence-corrected chi connectivity index (χ0v) is 9.11. The molecule has 0 atom stereocenters. The molecule has 5 nitrogen and oxygen atoms in total. The molecule has 0 fully saturated rings. The van der Waals surface area contributed by atoms with Crippen molar-refractivity contribution in [1.82, 2.24) is 9.61 Å². The summed E-state index contributed by atoms with van der Waals surface area (Å²) < 4.78 is 6.57. The summed E-state index contributed by atoms with van der Waals surface area (Å²) in [6, 6.07) is 2.84. The fraction of sp³-hybridized carbons (Fsp3) is 0.273. The third-order valence-corrected chi connectivity index (χ3v) is 2.33. The van der Waals surface area contributed by atoms with Gasteiger partial charge in [-0.05, 0) is 13.8 Å². The zero-order chi connectivity index (χ0) is 11.7. The molecule has 16 heavy (non-hydrogen) atoms. The summed E-state index contributed by atoms with van der Waals surface area (Å²) >= 11 is 0. The second kappa shape index (κ2) is 3.84. The number of aromatic amines is 1. The van der Waals surface area contributed by atoms with E-state index < -0.39 is 5.97 Å². The molecule has 0 aliphatic heterocycles. The molecule has 2 aromatic heterocycles. The minimum absolute atomic E-state index is 0.135. The van der Waals surface area contributed by atoms with Gasteiger partial charge in [-0.25, -0.2) is 4.79 Å². The molecule has 5 heteroatoms. The third kappa shape index (κ3) is 1.60. The molecule has 0 bridgehead atoms. The van der Waals surface area contributed by atoms with Crippen molar-refractivity contribution in [3.8, 4) is 0 Å². The smallest absolute Gasteiger partial charge is 0.342 e. The Morgan fingerprint density at radius 3 is 3.00 bits per heavy atom. The lowest BCUT2D eigenvalue weighted by Crippen LogP contribution is -2.07. The van der Waals surface area contributed by atoms with E-state index in [1.54, 1.807) is 24.6 Å². The Kier molecular flexibility index (Phi) is 2.52. The number of hydrogen-bond acceptors (Lipinski definition) is 3. The van der Waals surface area contributed by atoms with E-state index in [9.17, 15) is 9.59 Å². The first-order valence-electron chi connectivity index (χ1n) is 5.01. The highest BCUT2D eigenvalue weighted by Crippen LogP contribution is 2.14. The van der Waals surface area contributed by atoms with Gasteiger partial charge in [0.2, 0.25) is 0 Å². The summed E-state index contributed by atoms with van der Waals surface area (Å²) in [6.07, 6.45) is 1.59. The predicted molar refractivity (Wildman–Crippen MR) is 58.7 cm³/mol. The number of carbonyl (C=O) groups excluding carboxylic acids is 1. The van der Waals surface area contributed by atoms with E-state index >= 15 is 0 Å². The molecule has 2 heterocycles. The van der Waals surface area contributed by atoms with Crippen molar-refractivity contribution in [3.05, 3.63) is 39.8 Å². The molecule has 0 amide bonds. The van der Waals surface area contributed by atoms with E-state index in [0.717, 1.165) is 0 Å². The highest BCUT2D eigenvalue weighted by molar-refractivity contribution is 5.98. The van der Waals surface area contributed by atoms with Crippen molar-refractivity contribution < 1.29 is 9.53 Å². The van der Waals surface area contributed by atoms with Gasteiger partial charge in [0.1, 0.15) is 5.56 Å². The van der Waals surface area contributed by atoms with Crippen molar-refractivity contribution in [2.24, 2.45) is 0 Å². The maximum atomic E-state index is 11.7. The van der Waals surface area contributed by atoms with E-state index in [0.29, 0.717) is 23.4 Å². The van der Waals surface area contributed by atoms with Crippen LogP contribution in [0.1, 0.15) is 23.0 Å². The number of esters is 1. The first-order valence-corrected chi connectivity index (χ1v) is 5.01. The summed E-state index contributed by atoms with van der Waals surface area (Å²) in [4.78, 5) is 22.9. The van der Waals surface area contributed by atoms with Crippen molar-refractivity contribution >= 4 is 11.5 Å². The molecule has 0 saturated carbocycles. The van der Waals surface area contributed by atoms with Crippen LogP contribution in [0.2, 0.25) is 0 Å². The predicted octanol–water partition coefficient (Wildman–Crippen LogP) is 1.11. The lowest BCUT2D eigenvalue weighted by atomic mass is 10.2. The molecule has 0 radical (unpaired) electrons. The van der Waals surface area contributed by atoms with Crippen LogP contribution in [0.25, 0.3) is 5.52 Å². The number of fused-ring (bicyclic) bond motifs is 1. The fourth-order valence-corrected chi connectivity index (χ4v) is 1.66. The second-order valence-electron chi connectivity index (χ2n) is 3.45. The number of aryl methyl sites for hydroxylation is 1. The Balaban J connectivity index is 2.67. The van der Waals surface area contributed by atoms with Gasteiger partial charge in [-0.2, -0.15) is 0 Å². The Bertz CT molecular complexity index is 595. The van der Waals surface area contributed by atoms with Gasteiger partial charge in [0, 0.05) is 24.0 Å². The molecule has 1 N–H and O–H groups in total. The lowest BCUT2D eigenvalue weighted by molar-refractivity contribution is 0.0528. The highest BCUT2D eigenvalue weighted by atomic mass is 16.5. The average Bonchev–Trinajstić information content (AvgIpc) is 2.53. The standard InChI is InChI=1S/C11H12N2O3/c1-3-16-11(15)10-7(2)12-13-5-4-8(14)6-9(10)13/h4-6,12H,3H2,1-2H3. The third-order valence-electron chi connectivity index (χ3n) is 2.33.